The maximum Gasteiger partial charge on any atom is -0.0190 e. The van der Waals surface area contributed by atoms with Crippen molar-refractivity contribution >= 4 is 0 Å². The Kier molecular flexibility index (Phi) is 6.29. The molecule has 0 aromatic heterocycles. The average Bonchev–Trinajstić information content (AvgIpc) is 2.51. The van der Waals surface area contributed by atoms with Crippen molar-refractivity contribution in [3.05, 3.63) is 48.1 Å². The van der Waals surface area contributed by atoms with Crippen molar-refractivity contribution in [2.45, 2.75) is 59.8 Å². The van der Waals surface area contributed by atoms with Gasteiger partial charge in [-0.3, -0.25) is 0 Å². The smallest absolute Gasteiger partial charge is 0.0190 e. The summed E-state index contributed by atoms with van der Waals surface area (Å²) in [5, 5.41) is 0. The Morgan fingerprint density at radius 1 is 1.14 bits per heavy atom. The molecule has 0 bridgehead atoms. The van der Waals surface area contributed by atoms with Gasteiger partial charge in [0, 0.05) is 0 Å². The highest BCUT2D eigenvalue weighted by molar-refractivity contribution is 5.21. The lowest BCUT2D eigenvalue weighted by atomic mass is 9.75. The maximum absolute atomic E-state index is 4.47. The van der Waals surface area contributed by atoms with Crippen LogP contribution in [-0.4, -0.2) is 0 Å². The van der Waals surface area contributed by atoms with Crippen molar-refractivity contribution in [2.24, 2.45) is 29.6 Å². The Bertz CT molecular complexity index is 462. The van der Waals surface area contributed by atoms with Crippen LogP contribution in [0.15, 0.2) is 48.1 Å². The number of rotatable bonds is 6. The molecule has 0 nitrogen and oxygen atoms in total. The standard InChI is InChI=1S/C22H34/c1-16-10-12-21(13-11-16)14-18(3)20(5)19(4)15-22-9-7-6-8-17(22)2/h6-7,10-12,17-19,21-22H,5,8-9,13-15H2,1-4H3. The van der Waals surface area contributed by atoms with Crippen LogP contribution in [-0.2, 0) is 0 Å². The molecule has 5 atom stereocenters. The third kappa shape index (κ3) is 4.73. The van der Waals surface area contributed by atoms with Gasteiger partial charge in [-0.05, 0) is 68.6 Å². The SMILES string of the molecule is C=C(C(C)CC1C=CC(C)=CC1)C(C)CC1CC=CCC1C. The van der Waals surface area contributed by atoms with Crippen LogP contribution in [0.5, 0.6) is 0 Å². The molecule has 2 rings (SSSR count). The van der Waals surface area contributed by atoms with Crippen molar-refractivity contribution in [1.82, 2.24) is 0 Å². The zero-order valence-electron chi connectivity index (χ0n) is 15.0. The van der Waals surface area contributed by atoms with Crippen molar-refractivity contribution < 1.29 is 0 Å². The Morgan fingerprint density at radius 2 is 1.82 bits per heavy atom. The molecule has 0 heteroatoms. The summed E-state index contributed by atoms with van der Waals surface area (Å²) in [6.45, 7) is 13.8. The Labute approximate surface area is 138 Å². The first-order valence-corrected chi connectivity index (χ1v) is 9.16. The minimum atomic E-state index is 0.630. The molecule has 0 radical (unpaired) electrons. The van der Waals surface area contributed by atoms with Gasteiger partial charge in [0.05, 0.1) is 0 Å². The van der Waals surface area contributed by atoms with E-state index in [0.717, 1.165) is 11.8 Å². The Morgan fingerprint density at radius 3 is 2.45 bits per heavy atom. The van der Waals surface area contributed by atoms with Gasteiger partial charge in [-0.2, -0.15) is 0 Å². The minimum Gasteiger partial charge on any atom is -0.0993 e. The van der Waals surface area contributed by atoms with Crippen molar-refractivity contribution in [2.75, 3.05) is 0 Å². The molecule has 122 valence electrons. The molecule has 0 aromatic rings. The van der Waals surface area contributed by atoms with E-state index in [-0.39, 0.29) is 0 Å². The molecule has 0 amide bonds. The van der Waals surface area contributed by atoms with E-state index >= 15 is 0 Å². The fraction of sp³-hybridized carbons (Fsp3) is 0.636. The van der Waals surface area contributed by atoms with E-state index in [2.05, 4.69) is 64.7 Å². The van der Waals surface area contributed by atoms with Crippen LogP contribution >= 0.6 is 0 Å². The lowest BCUT2D eigenvalue weighted by Crippen LogP contribution is -2.19. The van der Waals surface area contributed by atoms with Crippen LogP contribution in [0.2, 0.25) is 0 Å². The van der Waals surface area contributed by atoms with Gasteiger partial charge in [-0.15, -0.1) is 0 Å². The van der Waals surface area contributed by atoms with E-state index in [1.807, 2.05) is 0 Å². The predicted molar refractivity (Wildman–Crippen MR) is 98.7 cm³/mol. The molecule has 0 aliphatic heterocycles. The van der Waals surface area contributed by atoms with Crippen LogP contribution in [0.4, 0.5) is 0 Å². The first-order valence-electron chi connectivity index (χ1n) is 9.16. The van der Waals surface area contributed by atoms with Crippen molar-refractivity contribution in [3.8, 4) is 0 Å². The summed E-state index contributed by atoms with van der Waals surface area (Å²) in [6, 6.07) is 0. The first kappa shape index (κ1) is 17.3. The maximum atomic E-state index is 4.47. The summed E-state index contributed by atoms with van der Waals surface area (Å²) < 4.78 is 0. The van der Waals surface area contributed by atoms with Crippen LogP contribution in [0, 0.1) is 29.6 Å². The van der Waals surface area contributed by atoms with Gasteiger partial charge in [0.2, 0.25) is 0 Å². The normalized spacial score (nSPS) is 30.7. The molecule has 22 heavy (non-hydrogen) atoms. The first-order chi connectivity index (χ1) is 10.5. The van der Waals surface area contributed by atoms with Gasteiger partial charge in [0.1, 0.15) is 0 Å². The van der Waals surface area contributed by atoms with Crippen LogP contribution in [0.3, 0.4) is 0 Å². The van der Waals surface area contributed by atoms with Gasteiger partial charge >= 0.3 is 0 Å². The van der Waals surface area contributed by atoms with E-state index in [1.165, 1.54) is 43.3 Å². The Balaban J connectivity index is 1.82. The molecule has 0 saturated heterocycles. The predicted octanol–water partition coefficient (Wildman–Crippen LogP) is 6.72. The highest BCUT2D eigenvalue weighted by Crippen LogP contribution is 2.36. The van der Waals surface area contributed by atoms with Crippen molar-refractivity contribution in [3.63, 3.8) is 0 Å². The van der Waals surface area contributed by atoms with Gasteiger partial charge in [-0.25, -0.2) is 0 Å². The lowest BCUT2D eigenvalue weighted by Gasteiger charge is -2.31. The third-order valence-corrected chi connectivity index (χ3v) is 5.87. The van der Waals surface area contributed by atoms with Crippen LogP contribution in [0.25, 0.3) is 0 Å². The molecule has 0 heterocycles. The molecule has 2 aliphatic rings. The van der Waals surface area contributed by atoms with E-state index in [9.17, 15) is 0 Å². The zero-order valence-corrected chi connectivity index (χ0v) is 15.0. The summed E-state index contributed by atoms with van der Waals surface area (Å²) in [4.78, 5) is 0. The molecule has 2 aliphatic carbocycles. The fourth-order valence-electron chi connectivity index (χ4n) is 3.98. The average molecular weight is 299 g/mol. The lowest BCUT2D eigenvalue weighted by molar-refractivity contribution is 0.289. The molecule has 5 unspecified atom stereocenters. The fourth-order valence-corrected chi connectivity index (χ4v) is 3.98. The van der Waals surface area contributed by atoms with Crippen molar-refractivity contribution in [1.29, 1.82) is 0 Å². The van der Waals surface area contributed by atoms with Crippen LogP contribution in [0.1, 0.15) is 59.8 Å². The molecular weight excluding hydrogens is 264 g/mol. The quantitative estimate of drug-likeness (QED) is 0.477. The number of allylic oxidation sites excluding steroid dienone is 7. The van der Waals surface area contributed by atoms with E-state index in [0.29, 0.717) is 17.8 Å². The zero-order chi connectivity index (χ0) is 16.1. The molecule has 0 spiro atoms. The Hall–Kier alpha value is -1.04. The molecular formula is C22H34. The van der Waals surface area contributed by atoms with E-state index in [1.54, 1.807) is 0 Å². The topological polar surface area (TPSA) is 0 Å². The third-order valence-electron chi connectivity index (χ3n) is 5.87. The summed E-state index contributed by atoms with van der Waals surface area (Å²) in [5.41, 5.74) is 2.89. The minimum absolute atomic E-state index is 0.630. The molecule has 0 saturated carbocycles. The molecule has 0 aromatic carbocycles. The second-order valence-corrected chi connectivity index (χ2v) is 7.83. The largest absolute Gasteiger partial charge is 0.0993 e. The molecule has 0 N–H and O–H groups in total. The van der Waals surface area contributed by atoms with Gasteiger partial charge in [-0.1, -0.05) is 68.9 Å². The van der Waals surface area contributed by atoms with Gasteiger partial charge < -0.3 is 0 Å². The summed E-state index contributed by atoms with van der Waals surface area (Å²) >= 11 is 0. The summed E-state index contributed by atoms with van der Waals surface area (Å²) in [5.74, 6) is 3.68. The monoisotopic (exact) mass is 298 g/mol. The number of hydrogen-bond donors (Lipinski definition) is 0. The second-order valence-electron chi connectivity index (χ2n) is 7.83. The summed E-state index contributed by atoms with van der Waals surface area (Å²) in [6.07, 6.45) is 18.1. The van der Waals surface area contributed by atoms with Gasteiger partial charge in [0.15, 0.2) is 0 Å². The van der Waals surface area contributed by atoms with Gasteiger partial charge in [0.25, 0.3) is 0 Å². The number of hydrogen-bond acceptors (Lipinski definition) is 0. The van der Waals surface area contributed by atoms with Crippen LogP contribution < -0.4 is 0 Å². The highest BCUT2D eigenvalue weighted by Gasteiger charge is 2.24. The van der Waals surface area contributed by atoms with E-state index < -0.39 is 0 Å². The van der Waals surface area contributed by atoms with E-state index in [4.69, 9.17) is 0 Å². The second kappa shape index (κ2) is 7.99. The summed E-state index contributed by atoms with van der Waals surface area (Å²) in [7, 11) is 0. The highest BCUT2D eigenvalue weighted by atomic mass is 14.3. The molecule has 0 fully saturated rings.